The predicted octanol–water partition coefficient (Wildman–Crippen LogP) is 3.37. The zero-order chi connectivity index (χ0) is 10.9. The lowest BCUT2D eigenvalue weighted by Crippen LogP contribution is -2.31. The summed E-state index contributed by atoms with van der Waals surface area (Å²) in [5.74, 6) is 0.853. The highest BCUT2D eigenvalue weighted by molar-refractivity contribution is 9.10. The highest BCUT2D eigenvalue weighted by Gasteiger charge is 2.40. The molecule has 2 rings (SSSR count). The van der Waals surface area contributed by atoms with Crippen LogP contribution in [-0.2, 0) is 6.42 Å². The number of hydrogen-bond donors (Lipinski definition) is 1. The highest BCUT2D eigenvalue weighted by Crippen LogP contribution is 2.46. The Bertz CT molecular complexity index is 329. The van der Waals surface area contributed by atoms with Gasteiger partial charge in [0.05, 0.1) is 0 Å². The van der Waals surface area contributed by atoms with E-state index in [2.05, 4.69) is 47.1 Å². The molecule has 82 valence electrons. The van der Waals surface area contributed by atoms with Gasteiger partial charge >= 0.3 is 0 Å². The van der Waals surface area contributed by atoms with Gasteiger partial charge in [0.25, 0.3) is 0 Å². The third kappa shape index (κ3) is 2.61. The molecule has 1 aliphatic carbocycles. The summed E-state index contributed by atoms with van der Waals surface area (Å²) in [6.07, 6.45) is 3.84. The Balaban J connectivity index is 2.09. The average molecular weight is 268 g/mol. The Morgan fingerprint density at radius 3 is 2.40 bits per heavy atom. The molecule has 1 saturated carbocycles. The molecule has 0 spiro atoms. The normalized spacial score (nSPS) is 19.9. The number of nitrogens with two attached hydrogens (primary N) is 1. The minimum absolute atomic E-state index is 0.313. The second kappa shape index (κ2) is 4.26. The van der Waals surface area contributed by atoms with Crippen LogP contribution < -0.4 is 5.73 Å². The van der Waals surface area contributed by atoms with Crippen LogP contribution in [0.15, 0.2) is 28.7 Å². The van der Waals surface area contributed by atoms with E-state index in [1.807, 2.05) is 0 Å². The van der Waals surface area contributed by atoms with Gasteiger partial charge in [-0.05, 0) is 54.8 Å². The molecule has 1 unspecified atom stereocenters. The van der Waals surface area contributed by atoms with Gasteiger partial charge in [0.1, 0.15) is 0 Å². The first-order chi connectivity index (χ1) is 7.14. The van der Waals surface area contributed by atoms with Crippen molar-refractivity contribution in [2.24, 2.45) is 17.1 Å². The van der Waals surface area contributed by atoms with E-state index in [1.165, 1.54) is 18.4 Å². The molecule has 0 saturated heterocycles. The Kier molecular flexibility index (Phi) is 3.17. The first-order valence-corrected chi connectivity index (χ1v) is 6.38. The third-order valence-electron chi connectivity index (χ3n) is 3.55. The van der Waals surface area contributed by atoms with Crippen LogP contribution in [0.25, 0.3) is 0 Å². The summed E-state index contributed by atoms with van der Waals surface area (Å²) in [6.45, 7) is 3.13. The summed E-state index contributed by atoms with van der Waals surface area (Å²) in [4.78, 5) is 0. The Morgan fingerprint density at radius 1 is 1.33 bits per heavy atom. The molecule has 0 aliphatic heterocycles. The Hall–Kier alpha value is -0.340. The number of benzene rings is 1. The molecule has 1 atom stereocenters. The molecule has 1 aliphatic rings. The van der Waals surface area contributed by atoms with Crippen LogP contribution in [-0.4, -0.2) is 6.54 Å². The number of halogens is 1. The smallest absolute Gasteiger partial charge is 0.0175 e. The molecule has 1 fully saturated rings. The van der Waals surface area contributed by atoms with E-state index in [9.17, 15) is 0 Å². The van der Waals surface area contributed by atoms with Gasteiger partial charge in [-0.3, -0.25) is 0 Å². The lowest BCUT2D eigenvalue weighted by atomic mass is 9.79. The van der Waals surface area contributed by atoms with Crippen LogP contribution >= 0.6 is 15.9 Å². The molecule has 1 aromatic carbocycles. The zero-order valence-electron chi connectivity index (χ0n) is 9.17. The molecule has 1 nitrogen and oxygen atoms in total. The first-order valence-electron chi connectivity index (χ1n) is 5.58. The molecule has 1 aromatic rings. The molecule has 0 heterocycles. The van der Waals surface area contributed by atoms with Gasteiger partial charge in [0.2, 0.25) is 0 Å². The van der Waals surface area contributed by atoms with E-state index >= 15 is 0 Å². The molecule has 2 heteroatoms. The van der Waals surface area contributed by atoms with E-state index in [1.54, 1.807) is 0 Å². The van der Waals surface area contributed by atoms with Crippen LogP contribution in [0.3, 0.4) is 0 Å². The van der Waals surface area contributed by atoms with Gasteiger partial charge in [0, 0.05) is 4.47 Å². The van der Waals surface area contributed by atoms with E-state index in [0.29, 0.717) is 5.41 Å². The number of rotatable bonds is 4. The van der Waals surface area contributed by atoms with Gasteiger partial charge in [-0.15, -0.1) is 0 Å². The fourth-order valence-corrected chi connectivity index (χ4v) is 2.50. The highest BCUT2D eigenvalue weighted by atomic mass is 79.9. The predicted molar refractivity (Wildman–Crippen MR) is 67.7 cm³/mol. The monoisotopic (exact) mass is 267 g/mol. The maximum atomic E-state index is 5.92. The minimum atomic E-state index is 0.313. The van der Waals surface area contributed by atoms with E-state index in [4.69, 9.17) is 5.73 Å². The summed E-state index contributed by atoms with van der Waals surface area (Å²) < 4.78 is 1.15. The largest absolute Gasteiger partial charge is 0.330 e. The van der Waals surface area contributed by atoms with Gasteiger partial charge in [-0.25, -0.2) is 0 Å². The molecule has 0 aromatic heterocycles. The average Bonchev–Trinajstić information content (AvgIpc) is 3.05. The fourth-order valence-electron chi connectivity index (χ4n) is 2.23. The summed E-state index contributed by atoms with van der Waals surface area (Å²) in [5.41, 5.74) is 7.63. The SMILES string of the molecule is CC(CN)(Cc1ccc(Br)cc1)C1CC1. The maximum Gasteiger partial charge on any atom is 0.0175 e. The van der Waals surface area contributed by atoms with Crippen molar-refractivity contribution in [3.63, 3.8) is 0 Å². The van der Waals surface area contributed by atoms with Crippen molar-refractivity contribution in [1.82, 2.24) is 0 Å². The van der Waals surface area contributed by atoms with Crippen LogP contribution in [0.1, 0.15) is 25.3 Å². The fraction of sp³-hybridized carbons (Fsp3) is 0.538. The van der Waals surface area contributed by atoms with Gasteiger partial charge in [-0.1, -0.05) is 35.0 Å². The second-order valence-electron chi connectivity index (χ2n) is 4.94. The van der Waals surface area contributed by atoms with Crippen molar-refractivity contribution in [3.05, 3.63) is 34.3 Å². The van der Waals surface area contributed by atoms with Crippen molar-refractivity contribution in [2.75, 3.05) is 6.54 Å². The summed E-state index contributed by atoms with van der Waals surface area (Å²) in [7, 11) is 0. The van der Waals surface area contributed by atoms with Crippen LogP contribution in [0.5, 0.6) is 0 Å². The Labute approximate surface area is 100 Å². The lowest BCUT2D eigenvalue weighted by molar-refractivity contribution is 0.282. The second-order valence-corrected chi connectivity index (χ2v) is 5.85. The summed E-state index contributed by atoms with van der Waals surface area (Å²) in [5, 5.41) is 0. The summed E-state index contributed by atoms with van der Waals surface area (Å²) >= 11 is 3.46. The molecule has 0 bridgehead atoms. The van der Waals surface area contributed by atoms with Crippen molar-refractivity contribution in [2.45, 2.75) is 26.2 Å². The van der Waals surface area contributed by atoms with Crippen LogP contribution in [0.4, 0.5) is 0 Å². The van der Waals surface area contributed by atoms with E-state index in [0.717, 1.165) is 23.4 Å². The van der Waals surface area contributed by atoms with Gasteiger partial charge in [-0.2, -0.15) is 0 Å². The lowest BCUT2D eigenvalue weighted by Gasteiger charge is -2.28. The van der Waals surface area contributed by atoms with Crippen molar-refractivity contribution in [1.29, 1.82) is 0 Å². The molecule has 2 N–H and O–H groups in total. The third-order valence-corrected chi connectivity index (χ3v) is 4.08. The van der Waals surface area contributed by atoms with Gasteiger partial charge in [0.15, 0.2) is 0 Å². The zero-order valence-corrected chi connectivity index (χ0v) is 10.8. The van der Waals surface area contributed by atoms with Crippen molar-refractivity contribution >= 4 is 15.9 Å². The minimum Gasteiger partial charge on any atom is -0.330 e. The number of hydrogen-bond acceptors (Lipinski definition) is 1. The van der Waals surface area contributed by atoms with Crippen molar-refractivity contribution < 1.29 is 0 Å². The first kappa shape index (κ1) is 11.2. The van der Waals surface area contributed by atoms with Gasteiger partial charge < -0.3 is 5.73 Å². The molecule has 15 heavy (non-hydrogen) atoms. The molecule has 0 radical (unpaired) electrons. The molecular weight excluding hydrogens is 250 g/mol. The van der Waals surface area contributed by atoms with Crippen LogP contribution in [0, 0.1) is 11.3 Å². The standard InChI is InChI=1S/C13H18BrN/c1-13(9-15,11-4-5-11)8-10-2-6-12(14)7-3-10/h2-3,6-7,11H,4-5,8-9,15H2,1H3. The van der Waals surface area contributed by atoms with E-state index < -0.39 is 0 Å². The maximum absolute atomic E-state index is 5.92. The Morgan fingerprint density at radius 2 is 1.93 bits per heavy atom. The molecule has 0 amide bonds. The van der Waals surface area contributed by atoms with Crippen LogP contribution in [0.2, 0.25) is 0 Å². The molecular formula is C13H18BrN. The van der Waals surface area contributed by atoms with E-state index in [-0.39, 0.29) is 0 Å². The van der Waals surface area contributed by atoms with Crippen molar-refractivity contribution in [3.8, 4) is 0 Å². The quantitative estimate of drug-likeness (QED) is 0.890. The summed E-state index contributed by atoms with van der Waals surface area (Å²) in [6, 6.07) is 8.61. The topological polar surface area (TPSA) is 26.0 Å².